The predicted octanol–water partition coefficient (Wildman–Crippen LogP) is -0.0261. The molecule has 5 heteroatoms. The molecule has 1 aromatic rings. The fourth-order valence-corrected chi connectivity index (χ4v) is 1.15. The van der Waals surface area contributed by atoms with Crippen molar-refractivity contribution in [2.24, 2.45) is 0 Å². The molecule has 1 rings (SSSR count). The van der Waals surface area contributed by atoms with Crippen molar-refractivity contribution in [1.29, 1.82) is 0 Å². The summed E-state index contributed by atoms with van der Waals surface area (Å²) < 4.78 is 1.64. The van der Waals surface area contributed by atoms with Crippen molar-refractivity contribution in [2.75, 3.05) is 6.61 Å². The Kier molecular flexibility index (Phi) is 4.55. The third-order valence-electron chi connectivity index (χ3n) is 2.05. The molecule has 5 nitrogen and oxygen atoms in total. The maximum Gasteiger partial charge on any atom is 0.0828 e. The van der Waals surface area contributed by atoms with Crippen LogP contribution >= 0.6 is 0 Å². The summed E-state index contributed by atoms with van der Waals surface area (Å²) in [4.78, 5) is 0. The highest BCUT2D eigenvalue weighted by Gasteiger charge is 2.04. The zero-order valence-electron chi connectivity index (χ0n) is 8.43. The topological polar surface area (TPSA) is 71.2 Å². The van der Waals surface area contributed by atoms with Crippen molar-refractivity contribution >= 4 is 0 Å². The quantitative estimate of drug-likeness (QED) is 0.675. The predicted molar refractivity (Wildman–Crippen MR) is 51.7 cm³/mol. The largest absolute Gasteiger partial charge is 0.396 e. The van der Waals surface area contributed by atoms with Gasteiger partial charge in [0.2, 0.25) is 0 Å². The summed E-state index contributed by atoms with van der Waals surface area (Å²) in [6.45, 7) is 2.58. The van der Waals surface area contributed by atoms with Gasteiger partial charge in [-0.1, -0.05) is 12.1 Å². The van der Waals surface area contributed by atoms with Gasteiger partial charge in [0.1, 0.15) is 0 Å². The van der Waals surface area contributed by atoms with E-state index in [1.807, 2.05) is 13.1 Å². The van der Waals surface area contributed by atoms with Crippen LogP contribution in [0.2, 0.25) is 0 Å². The van der Waals surface area contributed by atoms with E-state index in [1.165, 1.54) is 0 Å². The van der Waals surface area contributed by atoms with Crippen molar-refractivity contribution in [2.45, 2.75) is 38.8 Å². The van der Waals surface area contributed by atoms with Crippen LogP contribution in [0.1, 0.15) is 25.5 Å². The zero-order valence-corrected chi connectivity index (χ0v) is 8.43. The Hall–Kier alpha value is -0.940. The third-order valence-corrected chi connectivity index (χ3v) is 2.05. The van der Waals surface area contributed by atoms with Crippen molar-refractivity contribution in [3.63, 3.8) is 0 Å². The van der Waals surface area contributed by atoms with Crippen LogP contribution in [0.25, 0.3) is 0 Å². The first-order valence-corrected chi connectivity index (χ1v) is 4.94. The molecule has 2 N–H and O–H groups in total. The molecule has 80 valence electrons. The van der Waals surface area contributed by atoms with E-state index in [4.69, 9.17) is 5.11 Å². The molecule has 1 heterocycles. The van der Waals surface area contributed by atoms with Gasteiger partial charge in [-0.15, -0.1) is 5.10 Å². The highest BCUT2D eigenvalue weighted by atomic mass is 16.3. The Morgan fingerprint density at radius 3 is 3.00 bits per heavy atom. The van der Waals surface area contributed by atoms with Crippen molar-refractivity contribution in [3.8, 4) is 0 Å². The summed E-state index contributed by atoms with van der Waals surface area (Å²) in [7, 11) is 0. The number of aliphatic hydroxyl groups excluding tert-OH is 2. The van der Waals surface area contributed by atoms with Crippen molar-refractivity contribution in [1.82, 2.24) is 15.0 Å². The SMILES string of the molecule is CCC(O)Cn1cc(CCCO)nn1. The van der Waals surface area contributed by atoms with Gasteiger partial charge in [0.25, 0.3) is 0 Å². The summed E-state index contributed by atoms with van der Waals surface area (Å²) in [5, 5.41) is 25.8. The summed E-state index contributed by atoms with van der Waals surface area (Å²) >= 11 is 0. The van der Waals surface area contributed by atoms with Crippen LogP contribution in [0.15, 0.2) is 6.20 Å². The second-order valence-corrected chi connectivity index (χ2v) is 3.32. The number of nitrogens with zero attached hydrogens (tertiary/aromatic N) is 3. The van der Waals surface area contributed by atoms with Gasteiger partial charge in [0, 0.05) is 12.8 Å². The molecule has 0 saturated heterocycles. The Balaban J connectivity index is 2.42. The molecule has 0 amide bonds. The molecule has 1 atom stereocenters. The highest BCUT2D eigenvalue weighted by Crippen LogP contribution is 2.00. The summed E-state index contributed by atoms with van der Waals surface area (Å²) in [5.41, 5.74) is 0.863. The standard InChI is InChI=1S/C9H17N3O2/c1-2-9(14)7-12-6-8(10-11-12)4-3-5-13/h6,9,13-14H,2-5,7H2,1H3. The monoisotopic (exact) mass is 199 g/mol. The number of hydrogen-bond acceptors (Lipinski definition) is 4. The van der Waals surface area contributed by atoms with Gasteiger partial charge in [0.15, 0.2) is 0 Å². The van der Waals surface area contributed by atoms with E-state index in [1.54, 1.807) is 4.68 Å². The lowest BCUT2D eigenvalue weighted by atomic mass is 10.2. The summed E-state index contributed by atoms with van der Waals surface area (Å²) in [5.74, 6) is 0. The second kappa shape index (κ2) is 5.72. The van der Waals surface area contributed by atoms with Crippen LogP contribution in [-0.2, 0) is 13.0 Å². The van der Waals surface area contributed by atoms with Crippen molar-refractivity contribution in [3.05, 3.63) is 11.9 Å². The molecule has 1 aromatic heterocycles. The average Bonchev–Trinajstić information content (AvgIpc) is 2.62. The lowest BCUT2D eigenvalue weighted by molar-refractivity contribution is 0.144. The van der Waals surface area contributed by atoms with Crippen LogP contribution in [0.3, 0.4) is 0 Å². The first-order chi connectivity index (χ1) is 6.76. The molecule has 0 aromatic carbocycles. The van der Waals surface area contributed by atoms with E-state index >= 15 is 0 Å². The van der Waals surface area contributed by atoms with Gasteiger partial charge in [-0.25, -0.2) is 4.68 Å². The van der Waals surface area contributed by atoms with Gasteiger partial charge in [-0.2, -0.15) is 0 Å². The molecule has 0 saturated carbocycles. The zero-order chi connectivity index (χ0) is 10.4. The maximum atomic E-state index is 9.37. The Morgan fingerprint density at radius 2 is 2.36 bits per heavy atom. The molecule has 0 aliphatic carbocycles. The number of hydrogen-bond donors (Lipinski definition) is 2. The number of aliphatic hydroxyl groups is 2. The van der Waals surface area contributed by atoms with E-state index in [9.17, 15) is 5.11 Å². The van der Waals surface area contributed by atoms with Crippen LogP contribution in [-0.4, -0.2) is 37.9 Å². The lowest BCUT2D eigenvalue weighted by Crippen LogP contribution is -2.15. The van der Waals surface area contributed by atoms with E-state index in [2.05, 4.69) is 10.3 Å². The first-order valence-electron chi connectivity index (χ1n) is 4.94. The number of aryl methyl sites for hydroxylation is 1. The molecule has 0 aliphatic heterocycles. The van der Waals surface area contributed by atoms with Gasteiger partial charge >= 0.3 is 0 Å². The fraction of sp³-hybridized carbons (Fsp3) is 0.778. The molecule has 0 bridgehead atoms. The van der Waals surface area contributed by atoms with Gasteiger partial charge < -0.3 is 10.2 Å². The van der Waals surface area contributed by atoms with Crippen LogP contribution in [0.4, 0.5) is 0 Å². The Bertz CT molecular complexity index is 262. The second-order valence-electron chi connectivity index (χ2n) is 3.32. The molecule has 0 radical (unpaired) electrons. The Labute approximate surface area is 83.4 Å². The first kappa shape index (κ1) is 11.1. The van der Waals surface area contributed by atoms with E-state index < -0.39 is 0 Å². The minimum atomic E-state index is -0.359. The maximum absolute atomic E-state index is 9.37. The molecule has 14 heavy (non-hydrogen) atoms. The fourth-order valence-electron chi connectivity index (χ4n) is 1.15. The van der Waals surface area contributed by atoms with Gasteiger partial charge in [-0.3, -0.25) is 0 Å². The normalized spacial score (nSPS) is 13.1. The minimum absolute atomic E-state index is 0.171. The van der Waals surface area contributed by atoms with E-state index in [0.29, 0.717) is 19.4 Å². The lowest BCUT2D eigenvalue weighted by Gasteiger charge is -2.05. The van der Waals surface area contributed by atoms with Crippen LogP contribution < -0.4 is 0 Å². The molecule has 0 spiro atoms. The summed E-state index contributed by atoms with van der Waals surface area (Å²) in [6, 6.07) is 0. The number of aromatic nitrogens is 3. The molecule has 1 unspecified atom stereocenters. The smallest absolute Gasteiger partial charge is 0.0828 e. The average molecular weight is 199 g/mol. The van der Waals surface area contributed by atoms with Gasteiger partial charge in [-0.05, 0) is 19.3 Å². The van der Waals surface area contributed by atoms with Crippen LogP contribution in [0.5, 0.6) is 0 Å². The molecule has 0 aliphatic rings. The minimum Gasteiger partial charge on any atom is -0.396 e. The molecular weight excluding hydrogens is 182 g/mol. The molecular formula is C9H17N3O2. The van der Waals surface area contributed by atoms with E-state index in [0.717, 1.165) is 12.1 Å². The van der Waals surface area contributed by atoms with E-state index in [-0.39, 0.29) is 12.7 Å². The molecule has 0 fully saturated rings. The highest BCUT2D eigenvalue weighted by molar-refractivity contribution is 4.92. The third kappa shape index (κ3) is 3.43. The number of rotatable bonds is 6. The van der Waals surface area contributed by atoms with Crippen molar-refractivity contribution < 1.29 is 10.2 Å². The summed E-state index contributed by atoms with van der Waals surface area (Å²) in [6.07, 6.45) is 3.61. The van der Waals surface area contributed by atoms with Crippen LogP contribution in [0, 0.1) is 0 Å². The Morgan fingerprint density at radius 1 is 1.57 bits per heavy atom. The van der Waals surface area contributed by atoms with Gasteiger partial charge in [0.05, 0.1) is 18.3 Å².